The van der Waals surface area contributed by atoms with Gasteiger partial charge in [0.15, 0.2) is 0 Å². The number of anilines is 1. The summed E-state index contributed by atoms with van der Waals surface area (Å²) >= 11 is 12.6. The fourth-order valence-corrected chi connectivity index (χ4v) is 3.14. The summed E-state index contributed by atoms with van der Waals surface area (Å²) in [5, 5.41) is 5.17. The van der Waals surface area contributed by atoms with Crippen molar-refractivity contribution >= 4 is 28.9 Å². The third-order valence-corrected chi connectivity index (χ3v) is 4.29. The Morgan fingerprint density at radius 2 is 2.05 bits per heavy atom. The maximum absolute atomic E-state index is 6.37. The summed E-state index contributed by atoms with van der Waals surface area (Å²) in [5.74, 6) is 0.703. The molecule has 2 rings (SSSR count). The topological polar surface area (TPSA) is 15.3 Å². The van der Waals surface area contributed by atoms with Crippen LogP contribution in [0.15, 0.2) is 12.1 Å². The second-order valence-corrected chi connectivity index (χ2v) is 6.59. The van der Waals surface area contributed by atoms with Crippen LogP contribution in [0.5, 0.6) is 0 Å². The zero-order chi connectivity index (χ0) is 14.0. The van der Waals surface area contributed by atoms with Crippen LogP contribution in [0.3, 0.4) is 0 Å². The molecule has 0 amide bonds. The second kappa shape index (κ2) is 6.34. The van der Waals surface area contributed by atoms with Crippen LogP contribution in [0.25, 0.3) is 0 Å². The molecule has 1 aromatic carbocycles. The minimum absolute atomic E-state index is 0.532. The Hall–Kier alpha value is -0.440. The highest BCUT2D eigenvalue weighted by atomic mass is 35.5. The van der Waals surface area contributed by atoms with Crippen LogP contribution in [-0.4, -0.2) is 25.7 Å². The highest BCUT2D eigenvalue weighted by Crippen LogP contribution is 2.32. The van der Waals surface area contributed by atoms with Crippen molar-refractivity contribution in [2.45, 2.75) is 33.2 Å². The number of piperazine rings is 1. The average Bonchev–Trinajstić information content (AvgIpc) is 2.33. The third kappa shape index (κ3) is 3.77. The third-order valence-electron chi connectivity index (χ3n) is 3.58. The number of nitrogens with one attached hydrogen (secondary N) is 1. The Bertz CT molecular complexity index is 446. The molecule has 0 radical (unpaired) electrons. The van der Waals surface area contributed by atoms with Crippen molar-refractivity contribution in [1.29, 1.82) is 0 Å². The van der Waals surface area contributed by atoms with E-state index in [9.17, 15) is 0 Å². The Morgan fingerprint density at radius 1 is 1.32 bits per heavy atom. The first-order chi connectivity index (χ1) is 8.97. The van der Waals surface area contributed by atoms with Crippen LogP contribution in [0.4, 0.5) is 5.69 Å². The molecule has 1 heterocycles. The van der Waals surface area contributed by atoms with Crippen LogP contribution in [-0.2, 0) is 0 Å². The molecule has 1 aliphatic heterocycles. The van der Waals surface area contributed by atoms with Gasteiger partial charge in [-0.2, -0.15) is 0 Å². The number of nitrogens with zero attached hydrogens (tertiary/aromatic N) is 1. The normalized spacial score (nSPS) is 20.1. The zero-order valence-corrected chi connectivity index (χ0v) is 13.4. The molecule has 1 aliphatic rings. The van der Waals surface area contributed by atoms with Crippen LogP contribution in [0.1, 0.15) is 25.8 Å². The summed E-state index contributed by atoms with van der Waals surface area (Å²) in [6, 6.07) is 4.49. The minimum atomic E-state index is 0.532. The maximum atomic E-state index is 6.37. The van der Waals surface area contributed by atoms with Crippen molar-refractivity contribution in [3.63, 3.8) is 0 Å². The Kier molecular flexibility index (Phi) is 4.99. The van der Waals surface area contributed by atoms with Crippen molar-refractivity contribution in [3.8, 4) is 0 Å². The fourth-order valence-electron chi connectivity index (χ4n) is 2.65. The molecule has 1 saturated heterocycles. The van der Waals surface area contributed by atoms with E-state index < -0.39 is 0 Å². The Balaban J connectivity index is 2.15. The van der Waals surface area contributed by atoms with Crippen molar-refractivity contribution in [1.82, 2.24) is 5.32 Å². The van der Waals surface area contributed by atoms with Gasteiger partial charge in [0.05, 0.1) is 10.7 Å². The number of hydrogen-bond acceptors (Lipinski definition) is 2. The predicted molar refractivity (Wildman–Crippen MR) is 84.7 cm³/mol. The van der Waals surface area contributed by atoms with Crippen molar-refractivity contribution in [2.75, 3.05) is 24.5 Å². The summed E-state index contributed by atoms with van der Waals surface area (Å²) in [7, 11) is 0. The first-order valence-electron chi connectivity index (χ1n) is 6.91. The van der Waals surface area contributed by atoms with Gasteiger partial charge in [0.1, 0.15) is 0 Å². The average molecular weight is 301 g/mol. The minimum Gasteiger partial charge on any atom is -0.367 e. The fraction of sp³-hybridized carbons (Fsp3) is 0.600. The van der Waals surface area contributed by atoms with Crippen molar-refractivity contribution < 1.29 is 0 Å². The van der Waals surface area contributed by atoms with E-state index in [0.29, 0.717) is 12.0 Å². The Labute approximate surface area is 126 Å². The van der Waals surface area contributed by atoms with Gasteiger partial charge in [-0.3, -0.25) is 0 Å². The largest absolute Gasteiger partial charge is 0.367 e. The maximum Gasteiger partial charge on any atom is 0.0643 e. The van der Waals surface area contributed by atoms with E-state index in [-0.39, 0.29) is 0 Å². The SMILES string of the molecule is Cc1cc(Cl)c(N2CCNC(CC(C)C)C2)cc1Cl. The lowest BCUT2D eigenvalue weighted by Gasteiger charge is -2.36. The van der Waals surface area contributed by atoms with Gasteiger partial charge in [0, 0.05) is 30.7 Å². The molecule has 1 aromatic rings. The molecular formula is C15H22Cl2N2. The predicted octanol–water partition coefficient (Wildman–Crippen LogP) is 4.13. The van der Waals surface area contributed by atoms with E-state index >= 15 is 0 Å². The molecule has 1 unspecified atom stereocenters. The van der Waals surface area contributed by atoms with E-state index in [1.165, 1.54) is 6.42 Å². The molecule has 0 aliphatic carbocycles. The summed E-state index contributed by atoms with van der Waals surface area (Å²) in [6.07, 6.45) is 1.19. The monoisotopic (exact) mass is 300 g/mol. The molecule has 0 aromatic heterocycles. The first kappa shape index (κ1) is 15.0. The first-order valence-corrected chi connectivity index (χ1v) is 7.67. The molecule has 1 atom stereocenters. The van der Waals surface area contributed by atoms with E-state index in [1.807, 2.05) is 19.1 Å². The molecule has 1 fully saturated rings. The van der Waals surface area contributed by atoms with Crippen LogP contribution in [0, 0.1) is 12.8 Å². The van der Waals surface area contributed by atoms with Crippen LogP contribution >= 0.6 is 23.2 Å². The molecule has 106 valence electrons. The van der Waals surface area contributed by atoms with Gasteiger partial charge in [-0.25, -0.2) is 0 Å². The quantitative estimate of drug-likeness (QED) is 0.903. The number of benzene rings is 1. The summed E-state index contributed by atoms with van der Waals surface area (Å²) in [5.41, 5.74) is 2.09. The van der Waals surface area contributed by atoms with Crippen LogP contribution < -0.4 is 10.2 Å². The van der Waals surface area contributed by atoms with Gasteiger partial charge >= 0.3 is 0 Å². The summed E-state index contributed by atoms with van der Waals surface area (Å²) in [6.45, 7) is 9.48. The summed E-state index contributed by atoms with van der Waals surface area (Å²) in [4.78, 5) is 2.34. The van der Waals surface area contributed by atoms with Crippen LogP contribution in [0.2, 0.25) is 10.0 Å². The van der Waals surface area contributed by atoms with Crippen molar-refractivity contribution in [2.24, 2.45) is 5.92 Å². The van der Waals surface area contributed by atoms with Crippen molar-refractivity contribution in [3.05, 3.63) is 27.7 Å². The highest BCUT2D eigenvalue weighted by molar-refractivity contribution is 6.35. The molecular weight excluding hydrogens is 279 g/mol. The molecule has 19 heavy (non-hydrogen) atoms. The molecule has 4 heteroatoms. The van der Waals surface area contributed by atoms with Gasteiger partial charge in [0.2, 0.25) is 0 Å². The van der Waals surface area contributed by atoms with E-state index in [1.54, 1.807) is 0 Å². The molecule has 0 saturated carbocycles. The van der Waals surface area contributed by atoms with Gasteiger partial charge < -0.3 is 10.2 Å². The number of halogens is 2. The zero-order valence-electron chi connectivity index (χ0n) is 11.8. The second-order valence-electron chi connectivity index (χ2n) is 5.78. The number of aryl methyl sites for hydroxylation is 1. The number of hydrogen-bond donors (Lipinski definition) is 1. The lowest BCUT2D eigenvalue weighted by molar-refractivity contribution is 0.388. The lowest BCUT2D eigenvalue weighted by Crippen LogP contribution is -2.51. The smallest absolute Gasteiger partial charge is 0.0643 e. The number of rotatable bonds is 3. The highest BCUT2D eigenvalue weighted by Gasteiger charge is 2.22. The molecule has 2 nitrogen and oxygen atoms in total. The molecule has 0 bridgehead atoms. The van der Waals surface area contributed by atoms with Gasteiger partial charge in [-0.05, 0) is 37.0 Å². The van der Waals surface area contributed by atoms with Gasteiger partial charge in [-0.15, -0.1) is 0 Å². The summed E-state index contributed by atoms with van der Waals surface area (Å²) < 4.78 is 0. The molecule has 1 N–H and O–H groups in total. The van der Waals surface area contributed by atoms with E-state index in [0.717, 1.165) is 40.9 Å². The van der Waals surface area contributed by atoms with E-state index in [4.69, 9.17) is 23.2 Å². The lowest BCUT2D eigenvalue weighted by atomic mass is 10.0. The van der Waals surface area contributed by atoms with Gasteiger partial charge in [-0.1, -0.05) is 37.0 Å². The Morgan fingerprint density at radius 3 is 2.74 bits per heavy atom. The molecule has 0 spiro atoms. The van der Waals surface area contributed by atoms with Gasteiger partial charge in [0.25, 0.3) is 0 Å². The van der Waals surface area contributed by atoms with E-state index in [2.05, 4.69) is 24.1 Å². The standard InChI is InChI=1S/C15H22Cl2N2/c1-10(2)6-12-9-19(5-4-18-12)15-8-13(16)11(3)7-14(15)17/h7-8,10,12,18H,4-6,9H2,1-3H3.